The van der Waals surface area contributed by atoms with Gasteiger partial charge in [0.2, 0.25) is 0 Å². The second-order valence-electron chi connectivity index (χ2n) is 2.44. The lowest BCUT2D eigenvalue weighted by atomic mass is 10.4. The summed E-state index contributed by atoms with van der Waals surface area (Å²) in [6.45, 7) is 2.06. The summed E-state index contributed by atoms with van der Waals surface area (Å²) >= 11 is 0. The van der Waals surface area contributed by atoms with Crippen LogP contribution in [0.5, 0.6) is 0 Å². The summed E-state index contributed by atoms with van der Waals surface area (Å²) in [7, 11) is 0. The van der Waals surface area contributed by atoms with Crippen LogP contribution in [0.15, 0.2) is 43.4 Å². The smallest absolute Gasteiger partial charge is 0.0583 e. The van der Waals surface area contributed by atoms with Crippen molar-refractivity contribution in [2.75, 3.05) is 0 Å². The fraction of sp³-hybridized carbons (Fsp3) is 0.200. The molecule has 0 aliphatic carbocycles. The van der Waals surface area contributed by atoms with E-state index >= 15 is 0 Å². The van der Waals surface area contributed by atoms with Crippen LogP contribution in [0.4, 0.5) is 0 Å². The summed E-state index contributed by atoms with van der Waals surface area (Å²) in [4.78, 5) is 15.4. The highest BCUT2D eigenvalue weighted by Crippen LogP contribution is 1.87. The maximum Gasteiger partial charge on any atom is 0.0583 e. The highest BCUT2D eigenvalue weighted by atomic mass is 14.8. The SMILES string of the molecule is CCc1cnccn1.c1cnccn1. The van der Waals surface area contributed by atoms with Crippen molar-refractivity contribution in [2.24, 2.45) is 0 Å². The third-order valence-electron chi connectivity index (χ3n) is 1.46. The van der Waals surface area contributed by atoms with Gasteiger partial charge in [-0.25, -0.2) is 0 Å². The van der Waals surface area contributed by atoms with Gasteiger partial charge < -0.3 is 0 Å². The molecule has 0 radical (unpaired) electrons. The van der Waals surface area contributed by atoms with Crippen LogP contribution in [0.1, 0.15) is 12.6 Å². The maximum atomic E-state index is 4.03. The highest BCUT2D eigenvalue weighted by Gasteiger charge is 1.82. The van der Waals surface area contributed by atoms with Crippen LogP contribution in [0, 0.1) is 0 Å². The second kappa shape index (κ2) is 6.65. The van der Waals surface area contributed by atoms with E-state index < -0.39 is 0 Å². The van der Waals surface area contributed by atoms with Crippen LogP contribution < -0.4 is 0 Å². The first kappa shape index (κ1) is 10.2. The molecule has 4 nitrogen and oxygen atoms in total. The first-order valence-corrected chi connectivity index (χ1v) is 4.38. The van der Waals surface area contributed by atoms with Gasteiger partial charge in [0.15, 0.2) is 0 Å². The molecular weight excluding hydrogens is 176 g/mol. The van der Waals surface area contributed by atoms with Crippen molar-refractivity contribution in [2.45, 2.75) is 13.3 Å². The molecule has 2 heterocycles. The van der Waals surface area contributed by atoms with Crippen molar-refractivity contribution in [3.63, 3.8) is 0 Å². The molecule has 0 aromatic carbocycles. The Morgan fingerprint density at radius 3 is 1.71 bits per heavy atom. The Morgan fingerprint density at radius 1 is 0.857 bits per heavy atom. The summed E-state index contributed by atoms with van der Waals surface area (Å²) in [5.74, 6) is 0. The molecule has 0 atom stereocenters. The summed E-state index contributed by atoms with van der Waals surface area (Å²) in [6.07, 6.45) is 12.7. The summed E-state index contributed by atoms with van der Waals surface area (Å²) in [6, 6.07) is 0. The zero-order valence-corrected chi connectivity index (χ0v) is 8.04. The van der Waals surface area contributed by atoms with Crippen molar-refractivity contribution in [1.29, 1.82) is 0 Å². The Bertz CT molecular complexity index is 296. The van der Waals surface area contributed by atoms with Crippen molar-refractivity contribution >= 4 is 0 Å². The Kier molecular flexibility index (Phi) is 4.87. The van der Waals surface area contributed by atoms with E-state index in [0.29, 0.717) is 0 Å². The molecule has 0 N–H and O–H groups in total. The molecule has 72 valence electrons. The largest absolute Gasteiger partial charge is 0.262 e. The monoisotopic (exact) mass is 188 g/mol. The third-order valence-corrected chi connectivity index (χ3v) is 1.46. The van der Waals surface area contributed by atoms with E-state index in [1.165, 1.54) is 0 Å². The first-order valence-electron chi connectivity index (χ1n) is 4.38. The summed E-state index contributed by atoms with van der Waals surface area (Å²) in [5.41, 5.74) is 1.05. The Hall–Kier alpha value is -1.84. The van der Waals surface area contributed by atoms with E-state index in [0.717, 1.165) is 12.1 Å². The van der Waals surface area contributed by atoms with E-state index in [9.17, 15) is 0 Å². The van der Waals surface area contributed by atoms with Gasteiger partial charge in [-0.1, -0.05) is 6.92 Å². The van der Waals surface area contributed by atoms with Gasteiger partial charge in [0.1, 0.15) is 0 Å². The standard InChI is InChI=1S/C6H8N2.C4H4N2/c1-2-6-5-7-3-4-8-6;1-2-6-4-3-5-1/h3-5H,2H2,1H3;1-4H. The molecule has 0 unspecified atom stereocenters. The summed E-state index contributed by atoms with van der Waals surface area (Å²) < 4.78 is 0. The molecule has 4 heteroatoms. The van der Waals surface area contributed by atoms with E-state index in [4.69, 9.17) is 0 Å². The molecule has 14 heavy (non-hydrogen) atoms. The van der Waals surface area contributed by atoms with Crippen LogP contribution in [0.3, 0.4) is 0 Å². The fourth-order valence-electron chi connectivity index (χ4n) is 0.766. The van der Waals surface area contributed by atoms with Gasteiger partial charge in [0, 0.05) is 43.4 Å². The molecule has 0 saturated carbocycles. The van der Waals surface area contributed by atoms with Gasteiger partial charge in [0.05, 0.1) is 5.69 Å². The van der Waals surface area contributed by atoms with E-state index in [1.807, 2.05) is 0 Å². The number of rotatable bonds is 1. The van der Waals surface area contributed by atoms with E-state index in [2.05, 4.69) is 26.9 Å². The zero-order chi connectivity index (χ0) is 10.1. The highest BCUT2D eigenvalue weighted by molar-refractivity contribution is 4.92. The molecule has 2 rings (SSSR count). The van der Waals surface area contributed by atoms with Gasteiger partial charge >= 0.3 is 0 Å². The van der Waals surface area contributed by atoms with Crippen molar-refractivity contribution in [3.05, 3.63) is 49.1 Å². The van der Waals surface area contributed by atoms with Crippen molar-refractivity contribution in [3.8, 4) is 0 Å². The van der Waals surface area contributed by atoms with Gasteiger partial charge in [0.25, 0.3) is 0 Å². The number of aromatic nitrogens is 4. The Labute approximate surface area is 83.1 Å². The predicted octanol–water partition coefficient (Wildman–Crippen LogP) is 1.52. The molecule has 0 fully saturated rings. The number of hydrogen-bond donors (Lipinski definition) is 0. The minimum absolute atomic E-state index is 0.966. The van der Waals surface area contributed by atoms with E-state index in [1.54, 1.807) is 43.4 Å². The van der Waals surface area contributed by atoms with Crippen LogP contribution in [0.25, 0.3) is 0 Å². The lowest BCUT2D eigenvalue weighted by Gasteiger charge is -1.88. The van der Waals surface area contributed by atoms with Crippen LogP contribution in [0.2, 0.25) is 0 Å². The summed E-state index contributed by atoms with van der Waals surface area (Å²) in [5, 5.41) is 0. The molecule has 0 aliphatic heterocycles. The van der Waals surface area contributed by atoms with Gasteiger partial charge in [-0.15, -0.1) is 0 Å². The topological polar surface area (TPSA) is 51.6 Å². The minimum atomic E-state index is 0.966. The molecule has 0 aliphatic rings. The predicted molar refractivity (Wildman–Crippen MR) is 53.4 cm³/mol. The average Bonchev–Trinajstić information content (AvgIpc) is 2.33. The Morgan fingerprint density at radius 2 is 1.43 bits per heavy atom. The third kappa shape index (κ3) is 4.25. The van der Waals surface area contributed by atoms with Crippen LogP contribution >= 0.6 is 0 Å². The van der Waals surface area contributed by atoms with Crippen molar-refractivity contribution < 1.29 is 0 Å². The molecule has 2 aromatic heterocycles. The molecule has 0 bridgehead atoms. The molecular formula is C10H12N4. The van der Waals surface area contributed by atoms with Crippen molar-refractivity contribution in [1.82, 2.24) is 19.9 Å². The lowest BCUT2D eigenvalue weighted by Crippen LogP contribution is -1.84. The number of nitrogens with zero attached hydrogens (tertiary/aromatic N) is 4. The van der Waals surface area contributed by atoms with E-state index in [-0.39, 0.29) is 0 Å². The normalized spacial score (nSPS) is 8.64. The maximum absolute atomic E-state index is 4.03. The first-order chi connectivity index (χ1) is 6.93. The average molecular weight is 188 g/mol. The van der Waals surface area contributed by atoms with Gasteiger partial charge in [-0.3, -0.25) is 19.9 Å². The molecule has 0 amide bonds. The molecule has 0 saturated heterocycles. The molecule has 2 aromatic rings. The van der Waals surface area contributed by atoms with Gasteiger partial charge in [-0.05, 0) is 6.42 Å². The quantitative estimate of drug-likeness (QED) is 0.680. The molecule has 0 spiro atoms. The van der Waals surface area contributed by atoms with Crippen LogP contribution in [-0.2, 0) is 6.42 Å². The van der Waals surface area contributed by atoms with Crippen LogP contribution in [-0.4, -0.2) is 19.9 Å². The second-order valence-corrected chi connectivity index (χ2v) is 2.44. The number of hydrogen-bond acceptors (Lipinski definition) is 4. The zero-order valence-electron chi connectivity index (χ0n) is 8.04. The minimum Gasteiger partial charge on any atom is -0.262 e. The van der Waals surface area contributed by atoms with Gasteiger partial charge in [-0.2, -0.15) is 0 Å². The Balaban J connectivity index is 0.000000146. The fourth-order valence-corrected chi connectivity index (χ4v) is 0.766. The lowest BCUT2D eigenvalue weighted by molar-refractivity contribution is 1.000. The number of aryl methyl sites for hydroxylation is 1.